The fourth-order valence-electron chi connectivity index (χ4n) is 3.12. The van der Waals surface area contributed by atoms with Crippen molar-refractivity contribution < 1.29 is 9.84 Å². The van der Waals surface area contributed by atoms with Crippen LogP contribution in [0.5, 0.6) is 0 Å². The maximum atomic E-state index is 9.27. The van der Waals surface area contributed by atoms with E-state index in [1.54, 1.807) is 0 Å². The number of hydrogen-bond acceptors (Lipinski definition) is 3. The predicted molar refractivity (Wildman–Crippen MR) is 64.4 cm³/mol. The van der Waals surface area contributed by atoms with E-state index in [-0.39, 0.29) is 0 Å². The van der Waals surface area contributed by atoms with Crippen molar-refractivity contribution in [1.82, 2.24) is 5.32 Å². The van der Waals surface area contributed by atoms with Gasteiger partial charge in [0.2, 0.25) is 0 Å². The molecule has 1 aliphatic carbocycles. The second-order valence-electron chi connectivity index (χ2n) is 5.44. The van der Waals surface area contributed by atoms with Crippen molar-refractivity contribution in [3.63, 3.8) is 0 Å². The molecule has 2 N–H and O–H groups in total. The quantitative estimate of drug-likeness (QED) is 0.765. The first-order chi connectivity index (χ1) is 7.79. The van der Waals surface area contributed by atoms with Gasteiger partial charge in [0.15, 0.2) is 0 Å². The maximum Gasteiger partial charge on any atom is 0.0561 e. The van der Waals surface area contributed by atoms with Crippen molar-refractivity contribution in [2.45, 2.75) is 51.2 Å². The number of nitrogens with one attached hydrogen (secondary N) is 1. The van der Waals surface area contributed by atoms with Gasteiger partial charge in [0.05, 0.1) is 6.10 Å². The van der Waals surface area contributed by atoms with Crippen molar-refractivity contribution >= 4 is 0 Å². The van der Waals surface area contributed by atoms with E-state index in [9.17, 15) is 5.11 Å². The number of aliphatic hydroxyl groups excluding tert-OH is 1. The lowest BCUT2D eigenvalue weighted by atomic mass is 9.95. The van der Waals surface area contributed by atoms with Gasteiger partial charge in [-0.15, -0.1) is 0 Å². The average Bonchev–Trinajstić information content (AvgIpc) is 2.74. The van der Waals surface area contributed by atoms with Gasteiger partial charge < -0.3 is 15.2 Å². The zero-order valence-corrected chi connectivity index (χ0v) is 10.3. The van der Waals surface area contributed by atoms with E-state index in [1.807, 2.05) is 0 Å². The van der Waals surface area contributed by atoms with E-state index < -0.39 is 0 Å². The minimum Gasteiger partial charge on any atom is -0.396 e. The van der Waals surface area contributed by atoms with Gasteiger partial charge in [0, 0.05) is 19.3 Å². The summed E-state index contributed by atoms with van der Waals surface area (Å²) in [6.07, 6.45) is 6.48. The minimum atomic E-state index is 0.372. The van der Waals surface area contributed by atoms with Crippen molar-refractivity contribution in [2.24, 2.45) is 11.8 Å². The van der Waals surface area contributed by atoms with Crippen LogP contribution in [0.15, 0.2) is 0 Å². The summed E-state index contributed by atoms with van der Waals surface area (Å²) in [7, 11) is 0. The van der Waals surface area contributed by atoms with Gasteiger partial charge in [0.1, 0.15) is 0 Å². The third kappa shape index (κ3) is 3.19. The fraction of sp³-hybridized carbons (Fsp3) is 1.00. The molecule has 0 bridgehead atoms. The largest absolute Gasteiger partial charge is 0.396 e. The monoisotopic (exact) mass is 227 g/mol. The molecule has 0 amide bonds. The van der Waals surface area contributed by atoms with Crippen LogP contribution in [0.3, 0.4) is 0 Å². The summed E-state index contributed by atoms with van der Waals surface area (Å²) in [4.78, 5) is 0. The van der Waals surface area contributed by atoms with Crippen LogP contribution < -0.4 is 5.32 Å². The third-order valence-electron chi connectivity index (χ3n) is 4.20. The molecule has 0 radical (unpaired) electrons. The smallest absolute Gasteiger partial charge is 0.0561 e. The molecule has 1 saturated carbocycles. The molecular weight excluding hydrogens is 202 g/mol. The Hall–Kier alpha value is -0.120. The van der Waals surface area contributed by atoms with Crippen molar-refractivity contribution in [3.05, 3.63) is 0 Å². The Balaban J connectivity index is 1.70. The lowest BCUT2D eigenvalue weighted by Crippen LogP contribution is -2.41. The highest BCUT2D eigenvalue weighted by Gasteiger charge is 2.27. The Kier molecular flexibility index (Phi) is 4.62. The van der Waals surface area contributed by atoms with Crippen LogP contribution in [0.2, 0.25) is 0 Å². The topological polar surface area (TPSA) is 41.5 Å². The van der Waals surface area contributed by atoms with Crippen molar-refractivity contribution in [3.8, 4) is 0 Å². The first-order valence-electron chi connectivity index (χ1n) is 6.75. The Labute approximate surface area is 98.6 Å². The molecule has 1 saturated heterocycles. The summed E-state index contributed by atoms with van der Waals surface area (Å²) in [6, 6.07) is 0.628. The Morgan fingerprint density at radius 3 is 2.81 bits per heavy atom. The first-order valence-corrected chi connectivity index (χ1v) is 6.75. The molecule has 4 unspecified atom stereocenters. The Morgan fingerprint density at radius 2 is 2.06 bits per heavy atom. The van der Waals surface area contributed by atoms with E-state index in [1.165, 1.54) is 19.3 Å². The van der Waals surface area contributed by atoms with Crippen LogP contribution in [0.1, 0.15) is 39.0 Å². The van der Waals surface area contributed by atoms with Gasteiger partial charge in [0.25, 0.3) is 0 Å². The van der Waals surface area contributed by atoms with E-state index >= 15 is 0 Å². The lowest BCUT2D eigenvalue weighted by molar-refractivity contribution is 0.0122. The standard InChI is InChI=1S/C13H25NO2/c1-10-7-13(5-6-16-10)14-8-11-3-2-4-12(11)9-15/h10-15H,2-9H2,1H3. The number of hydrogen-bond donors (Lipinski definition) is 2. The molecule has 1 aliphatic heterocycles. The molecule has 94 valence electrons. The van der Waals surface area contributed by atoms with Gasteiger partial charge in [-0.25, -0.2) is 0 Å². The summed E-state index contributed by atoms with van der Waals surface area (Å²) in [5, 5.41) is 12.9. The second kappa shape index (κ2) is 5.99. The van der Waals surface area contributed by atoms with Crippen LogP contribution in [-0.2, 0) is 4.74 Å². The predicted octanol–water partition coefficient (Wildman–Crippen LogP) is 1.55. The summed E-state index contributed by atoms with van der Waals surface area (Å²) in [6.45, 7) is 4.51. The first kappa shape index (κ1) is 12.3. The molecule has 3 nitrogen and oxygen atoms in total. The van der Waals surface area contributed by atoms with Gasteiger partial charge in [-0.05, 0) is 51.0 Å². The highest BCUT2D eigenvalue weighted by molar-refractivity contribution is 4.81. The van der Waals surface area contributed by atoms with E-state index in [4.69, 9.17) is 4.74 Å². The van der Waals surface area contributed by atoms with E-state index in [2.05, 4.69) is 12.2 Å². The Morgan fingerprint density at radius 1 is 1.25 bits per heavy atom. The zero-order valence-electron chi connectivity index (χ0n) is 10.3. The van der Waals surface area contributed by atoms with Crippen LogP contribution in [0.4, 0.5) is 0 Å². The number of ether oxygens (including phenoxy) is 1. The molecule has 0 aromatic rings. The van der Waals surface area contributed by atoms with Gasteiger partial charge >= 0.3 is 0 Å². The SMILES string of the molecule is CC1CC(NCC2CCCC2CO)CCO1. The zero-order chi connectivity index (χ0) is 11.4. The fourth-order valence-corrected chi connectivity index (χ4v) is 3.12. The summed E-state index contributed by atoms with van der Waals surface area (Å²) in [5.74, 6) is 1.24. The number of rotatable bonds is 4. The van der Waals surface area contributed by atoms with Crippen LogP contribution in [0, 0.1) is 11.8 Å². The number of aliphatic hydroxyl groups is 1. The maximum absolute atomic E-state index is 9.27. The molecule has 0 aromatic carbocycles. The summed E-state index contributed by atoms with van der Waals surface area (Å²) >= 11 is 0. The molecular formula is C13H25NO2. The summed E-state index contributed by atoms with van der Waals surface area (Å²) in [5.41, 5.74) is 0. The molecule has 2 rings (SSSR count). The van der Waals surface area contributed by atoms with Crippen LogP contribution in [0.25, 0.3) is 0 Å². The van der Waals surface area contributed by atoms with Crippen LogP contribution >= 0.6 is 0 Å². The Bertz CT molecular complexity index is 210. The highest BCUT2D eigenvalue weighted by Crippen LogP contribution is 2.31. The molecule has 2 aliphatic rings. The van der Waals surface area contributed by atoms with Crippen LogP contribution in [-0.4, -0.2) is 37.0 Å². The average molecular weight is 227 g/mol. The molecule has 2 fully saturated rings. The van der Waals surface area contributed by atoms with Gasteiger partial charge in [-0.2, -0.15) is 0 Å². The van der Waals surface area contributed by atoms with E-state index in [0.717, 1.165) is 26.0 Å². The summed E-state index contributed by atoms with van der Waals surface area (Å²) < 4.78 is 5.54. The van der Waals surface area contributed by atoms with Gasteiger partial charge in [-0.1, -0.05) is 6.42 Å². The molecule has 16 heavy (non-hydrogen) atoms. The molecule has 1 heterocycles. The lowest BCUT2D eigenvalue weighted by Gasteiger charge is -2.29. The van der Waals surface area contributed by atoms with Crippen molar-refractivity contribution in [2.75, 3.05) is 19.8 Å². The second-order valence-corrected chi connectivity index (χ2v) is 5.44. The normalized spacial score (nSPS) is 40.1. The van der Waals surface area contributed by atoms with Gasteiger partial charge in [-0.3, -0.25) is 0 Å². The molecule has 0 spiro atoms. The highest BCUT2D eigenvalue weighted by atomic mass is 16.5. The van der Waals surface area contributed by atoms with E-state index in [0.29, 0.717) is 30.6 Å². The minimum absolute atomic E-state index is 0.372. The third-order valence-corrected chi connectivity index (χ3v) is 4.20. The van der Waals surface area contributed by atoms with Crippen molar-refractivity contribution in [1.29, 1.82) is 0 Å². The molecule has 0 aromatic heterocycles. The molecule has 3 heteroatoms. The molecule has 4 atom stereocenters.